The summed E-state index contributed by atoms with van der Waals surface area (Å²) in [5, 5.41) is 0. The molecule has 1 heteroatoms. The van der Waals surface area contributed by atoms with Gasteiger partial charge < -0.3 is 4.90 Å². The summed E-state index contributed by atoms with van der Waals surface area (Å²) in [6, 6.07) is 47.7. The standard InChI is InChI=1S/C57H63N/c1-55(2,3)44-32-43(33-45(36-44)56(4,5)6)42-31-40-19-12-13-22-49(40)52(35-42)41-20-16-21-47(34-41)58(46-27-25-39(26-28-46)38-17-10-9-11-18-38)48-29-30-51-50-23-14-15-24-53(50)57(7,8)54(51)37-48/h14-16,20-21,23-38H,9-13,17-19,22H2,1-8H3. The minimum absolute atomic E-state index is 0.0645. The van der Waals surface area contributed by atoms with Crippen molar-refractivity contribution in [1.29, 1.82) is 0 Å². The van der Waals surface area contributed by atoms with Gasteiger partial charge in [-0.05, 0) is 170 Å². The van der Waals surface area contributed by atoms with Crippen molar-refractivity contribution in [1.82, 2.24) is 0 Å². The van der Waals surface area contributed by atoms with Crippen LogP contribution in [0.4, 0.5) is 17.1 Å². The molecule has 58 heavy (non-hydrogen) atoms. The first-order chi connectivity index (χ1) is 27.8. The van der Waals surface area contributed by atoms with Gasteiger partial charge in [0, 0.05) is 22.5 Å². The lowest BCUT2D eigenvalue weighted by molar-refractivity contribution is 0.443. The molecule has 0 spiro atoms. The molecule has 3 aliphatic rings. The lowest BCUT2D eigenvalue weighted by Gasteiger charge is -2.29. The number of hydrogen-bond acceptors (Lipinski definition) is 1. The molecule has 0 aromatic heterocycles. The van der Waals surface area contributed by atoms with Crippen molar-refractivity contribution in [2.24, 2.45) is 0 Å². The van der Waals surface area contributed by atoms with Crippen LogP contribution in [0.2, 0.25) is 0 Å². The van der Waals surface area contributed by atoms with E-state index in [1.54, 1.807) is 0 Å². The van der Waals surface area contributed by atoms with Gasteiger partial charge in [0.1, 0.15) is 0 Å². The first kappa shape index (κ1) is 38.6. The smallest absolute Gasteiger partial charge is 0.0467 e. The van der Waals surface area contributed by atoms with Crippen LogP contribution in [0.3, 0.4) is 0 Å². The van der Waals surface area contributed by atoms with Crippen molar-refractivity contribution in [3.8, 4) is 33.4 Å². The third kappa shape index (κ3) is 7.14. The maximum absolute atomic E-state index is 2.53. The molecule has 6 aromatic rings. The van der Waals surface area contributed by atoms with Gasteiger partial charge in [0.25, 0.3) is 0 Å². The molecule has 0 heterocycles. The summed E-state index contributed by atoms with van der Waals surface area (Å²) in [6.45, 7) is 18.9. The third-order valence-corrected chi connectivity index (χ3v) is 13.9. The number of aryl methyl sites for hydroxylation is 1. The van der Waals surface area contributed by atoms with Gasteiger partial charge >= 0.3 is 0 Å². The second-order valence-electron chi connectivity index (χ2n) is 20.4. The van der Waals surface area contributed by atoms with Crippen LogP contribution >= 0.6 is 0 Å². The van der Waals surface area contributed by atoms with E-state index in [9.17, 15) is 0 Å². The molecule has 0 amide bonds. The third-order valence-electron chi connectivity index (χ3n) is 13.9. The van der Waals surface area contributed by atoms with E-state index in [0.29, 0.717) is 5.92 Å². The van der Waals surface area contributed by atoms with Crippen LogP contribution in [-0.2, 0) is 29.1 Å². The molecule has 1 nitrogen and oxygen atoms in total. The van der Waals surface area contributed by atoms with Crippen LogP contribution in [0.25, 0.3) is 33.4 Å². The number of anilines is 3. The van der Waals surface area contributed by atoms with Gasteiger partial charge in [-0.15, -0.1) is 0 Å². The van der Waals surface area contributed by atoms with E-state index in [1.165, 1.54) is 134 Å². The Labute approximate surface area is 349 Å². The van der Waals surface area contributed by atoms with E-state index in [-0.39, 0.29) is 16.2 Å². The van der Waals surface area contributed by atoms with Gasteiger partial charge in [-0.1, -0.05) is 154 Å². The molecule has 0 aliphatic heterocycles. The molecular formula is C57H63N. The van der Waals surface area contributed by atoms with Crippen LogP contribution in [0.15, 0.2) is 121 Å². The minimum Gasteiger partial charge on any atom is -0.310 e. The summed E-state index contributed by atoms with van der Waals surface area (Å²) < 4.78 is 0. The Bertz CT molecular complexity index is 2440. The van der Waals surface area contributed by atoms with E-state index in [4.69, 9.17) is 0 Å². The van der Waals surface area contributed by atoms with Crippen LogP contribution in [0.1, 0.15) is 145 Å². The summed E-state index contributed by atoms with van der Waals surface area (Å²) >= 11 is 0. The molecule has 0 bridgehead atoms. The predicted molar refractivity (Wildman–Crippen MR) is 249 cm³/mol. The normalized spacial score (nSPS) is 16.4. The van der Waals surface area contributed by atoms with Crippen molar-refractivity contribution >= 4 is 17.1 Å². The molecule has 0 unspecified atom stereocenters. The van der Waals surface area contributed by atoms with Crippen molar-refractivity contribution < 1.29 is 0 Å². The van der Waals surface area contributed by atoms with Gasteiger partial charge in [0.15, 0.2) is 0 Å². The predicted octanol–water partition coefficient (Wildman–Crippen LogP) is 16.3. The molecule has 0 atom stereocenters. The van der Waals surface area contributed by atoms with E-state index in [1.807, 2.05) is 0 Å². The summed E-state index contributed by atoms with van der Waals surface area (Å²) in [4.78, 5) is 2.52. The molecular weight excluding hydrogens is 699 g/mol. The average Bonchev–Trinajstić information content (AvgIpc) is 3.45. The number of hydrogen-bond donors (Lipinski definition) is 0. The highest BCUT2D eigenvalue weighted by Crippen LogP contribution is 2.51. The Kier molecular flexibility index (Phi) is 9.82. The molecule has 9 rings (SSSR count). The SMILES string of the molecule is CC(C)(C)c1cc(-c2cc3c(c(-c4cccc(N(c5ccc(C6CCCCC6)cc5)c5ccc6c(c5)C(C)(C)c5ccccc5-6)c4)c2)CCCC3)cc(C(C)(C)C)c1. The van der Waals surface area contributed by atoms with Crippen LogP contribution in [-0.4, -0.2) is 0 Å². The van der Waals surface area contributed by atoms with Crippen molar-refractivity contribution in [2.45, 2.75) is 135 Å². The zero-order chi connectivity index (χ0) is 40.4. The van der Waals surface area contributed by atoms with Crippen LogP contribution in [0.5, 0.6) is 0 Å². The molecule has 3 aliphatic carbocycles. The summed E-state index contributed by atoms with van der Waals surface area (Å²) in [7, 11) is 0. The number of nitrogens with zero attached hydrogens (tertiary/aromatic N) is 1. The highest BCUT2D eigenvalue weighted by molar-refractivity contribution is 5.87. The largest absolute Gasteiger partial charge is 0.310 e. The number of benzene rings is 6. The first-order valence-corrected chi connectivity index (χ1v) is 22.3. The highest BCUT2D eigenvalue weighted by atomic mass is 15.1. The van der Waals surface area contributed by atoms with E-state index in [0.717, 1.165) is 12.8 Å². The zero-order valence-corrected chi connectivity index (χ0v) is 36.4. The Morgan fingerprint density at radius 3 is 1.84 bits per heavy atom. The number of fused-ring (bicyclic) bond motifs is 4. The Balaban J connectivity index is 1.19. The van der Waals surface area contributed by atoms with Gasteiger partial charge in [-0.2, -0.15) is 0 Å². The maximum Gasteiger partial charge on any atom is 0.0467 e. The van der Waals surface area contributed by atoms with E-state index in [2.05, 4.69) is 182 Å². The van der Waals surface area contributed by atoms with Crippen LogP contribution < -0.4 is 4.90 Å². The van der Waals surface area contributed by atoms with Gasteiger partial charge in [-0.25, -0.2) is 0 Å². The first-order valence-electron chi connectivity index (χ1n) is 22.3. The van der Waals surface area contributed by atoms with E-state index >= 15 is 0 Å². The monoisotopic (exact) mass is 761 g/mol. The van der Waals surface area contributed by atoms with Crippen molar-refractivity contribution in [2.75, 3.05) is 4.90 Å². The molecule has 296 valence electrons. The lowest BCUT2D eigenvalue weighted by atomic mass is 9.78. The molecule has 0 N–H and O–H groups in total. The molecule has 0 saturated heterocycles. The van der Waals surface area contributed by atoms with Gasteiger partial charge in [0.05, 0.1) is 0 Å². The lowest BCUT2D eigenvalue weighted by Crippen LogP contribution is -2.16. The summed E-state index contributed by atoms with van der Waals surface area (Å²) in [6.07, 6.45) is 11.5. The van der Waals surface area contributed by atoms with Gasteiger partial charge in [-0.3, -0.25) is 0 Å². The minimum atomic E-state index is -0.0725. The average molecular weight is 762 g/mol. The van der Waals surface area contributed by atoms with E-state index < -0.39 is 0 Å². The highest BCUT2D eigenvalue weighted by Gasteiger charge is 2.36. The second kappa shape index (κ2) is 14.7. The Hall–Kier alpha value is -4.88. The molecule has 0 radical (unpaired) electrons. The fraction of sp³-hybridized carbons (Fsp3) is 0.368. The Morgan fingerprint density at radius 2 is 1.12 bits per heavy atom. The fourth-order valence-corrected chi connectivity index (χ4v) is 10.4. The topological polar surface area (TPSA) is 3.24 Å². The summed E-state index contributed by atoms with van der Waals surface area (Å²) in [5.41, 5.74) is 22.0. The molecule has 1 saturated carbocycles. The zero-order valence-electron chi connectivity index (χ0n) is 36.4. The van der Waals surface area contributed by atoms with Crippen LogP contribution in [0, 0.1) is 0 Å². The number of rotatable bonds is 6. The van der Waals surface area contributed by atoms with Crippen molar-refractivity contribution in [3.63, 3.8) is 0 Å². The molecule has 6 aromatic carbocycles. The fourth-order valence-electron chi connectivity index (χ4n) is 10.4. The van der Waals surface area contributed by atoms with Crippen molar-refractivity contribution in [3.05, 3.63) is 160 Å². The quantitative estimate of drug-likeness (QED) is 0.163. The van der Waals surface area contributed by atoms with Gasteiger partial charge in [0.2, 0.25) is 0 Å². The Morgan fingerprint density at radius 1 is 0.483 bits per heavy atom. The second-order valence-corrected chi connectivity index (χ2v) is 20.4. The molecule has 1 fully saturated rings. The summed E-state index contributed by atoms with van der Waals surface area (Å²) in [5.74, 6) is 0.681. The maximum atomic E-state index is 2.53.